The van der Waals surface area contributed by atoms with Crippen molar-refractivity contribution in [2.75, 3.05) is 13.7 Å². The number of halogens is 1. The molecule has 1 aromatic rings. The first-order valence-electron chi connectivity index (χ1n) is 16.6. The van der Waals surface area contributed by atoms with Crippen LogP contribution in [-0.2, 0) is 9.59 Å². The Morgan fingerprint density at radius 1 is 1.05 bits per heavy atom. The number of allylic oxidation sites excluding steroid dienone is 2. The smallest absolute Gasteiger partial charge is 0.309 e. The molecule has 44 heavy (non-hydrogen) atoms. The average molecular weight is 611 g/mol. The number of amides is 2. The Labute approximate surface area is 259 Å². The van der Waals surface area contributed by atoms with Gasteiger partial charge in [0, 0.05) is 18.7 Å². The van der Waals surface area contributed by atoms with Crippen LogP contribution < -0.4 is 20.1 Å². The molecule has 1 aromatic carbocycles. The Morgan fingerprint density at radius 3 is 2.36 bits per heavy atom. The van der Waals surface area contributed by atoms with E-state index in [1.54, 1.807) is 6.92 Å². The van der Waals surface area contributed by atoms with Crippen molar-refractivity contribution < 1.29 is 33.4 Å². The maximum Gasteiger partial charge on any atom is 0.309 e. The van der Waals surface area contributed by atoms with E-state index < -0.39 is 23.1 Å². The summed E-state index contributed by atoms with van der Waals surface area (Å²) < 4.78 is 26.5. The van der Waals surface area contributed by atoms with Gasteiger partial charge < -0.3 is 25.2 Å². The van der Waals surface area contributed by atoms with Gasteiger partial charge in [0.25, 0.3) is 5.91 Å². The van der Waals surface area contributed by atoms with Crippen LogP contribution in [0.5, 0.6) is 11.5 Å². The van der Waals surface area contributed by atoms with Crippen molar-refractivity contribution in [3.8, 4) is 11.5 Å². The summed E-state index contributed by atoms with van der Waals surface area (Å²) in [6.07, 6.45) is 12.8. The Bertz CT molecular complexity index is 1330. The number of aliphatic carboxylic acids is 1. The molecule has 9 heteroatoms. The monoisotopic (exact) mass is 610 g/mol. The summed E-state index contributed by atoms with van der Waals surface area (Å²) in [6.45, 7) is 4.60. The van der Waals surface area contributed by atoms with E-state index in [1.165, 1.54) is 44.4 Å². The summed E-state index contributed by atoms with van der Waals surface area (Å²) in [5.74, 6) is -1.28. The molecule has 0 unspecified atom stereocenters. The Balaban J connectivity index is 1.19. The molecule has 240 valence electrons. The second-order valence-corrected chi connectivity index (χ2v) is 14.8. The van der Waals surface area contributed by atoms with Crippen LogP contribution >= 0.6 is 0 Å². The zero-order valence-electron chi connectivity index (χ0n) is 26.3. The van der Waals surface area contributed by atoms with Crippen LogP contribution in [0.4, 0.5) is 4.39 Å². The van der Waals surface area contributed by atoms with Gasteiger partial charge >= 0.3 is 5.97 Å². The average Bonchev–Trinajstić information content (AvgIpc) is 3.53. The number of hydrogen-bond donors (Lipinski definition) is 3. The normalized spacial score (nSPS) is 33.3. The molecular formula is C35H47FN2O6. The second kappa shape index (κ2) is 12.0. The minimum atomic E-state index is -0.832. The summed E-state index contributed by atoms with van der Waals surface area (Å²) in [5, 5.41) is 16.0. The highest BCUT2D eigenvalue weighted by molar-refractivity contribution is 5.98. The predicted octanol–water partition coefficient (Wildman–Crippen LogP) is 6.03. The maximum atomic E-state index is 15.1. The Morgan fingerprint density at radius 2 is 1.77 bits per heavy atom. The van der Waals surface area contributed by atoms with E-state index >= 15 is 4.39 Å². The molecule has 5 aliphatic carbocycles. The number of carboxylic acid groups (broad SMARTS) is 1. The van der Waals surface area contributed by atoms with Crippen LogP contribution in [0.3, 0.4) is 0 Å². The molecular weight excluding hydrogens is 563 g/mol. The molecule has 0 aromatic heterocycles. The number of carbonyl (C=O) groups excluding carboxylic acids is 2. The van der Waals surface area contributed by atoms with Crippen LogP contribution in [0.25, 0.3) is 0 Å². The number of methoxy groups -OCH3 is 1. The molecule has 2 bridgehead atoms. The number of nitrogens with one attached hydrogen (secondary N) is 2. The second-order valence-electron chi connectivity index (χ2n) is 14.8. The van der Waals surface area contributed by atoms with Crippen molar-refractivity contribution >= 4 is 17.8 Å². The van der Waals surface area contributed by atoms with E-state index in [4.69, 9.17) is 9.47 Å². The quantitative estimate of drug-likeness (QED) is 0.279. The Hall–Kier alpha value is -3.10. The largest absolute Gasteiger partial charge is 0.496 e. The van der Waals surface area contributed by atoms with Gasteiger partial charge in [-0.25, -0.2) is 4.39 Å². The SMILES string of the molecule is COc1cc(F)c(OC2CCC(C)(C(=O)O)CC2)cc1C(=O)N[C@@H]1[C@H]2C/C(=C\C3CCC3)[C@H](C2)[C@@H]1C(=O)NCC1(C)CCC1. The van der Waals surface area contributed by atoms with Crippen molar-refractivity contribution in [1.29, 1.82) is 0 Å². The number of benzene rings is 1. The maximum absolute atomic E-state index is 15.1. The third-order valence-corrected chi connectivity index (χ3v) is 11.7. The van der Waals surface area contributed by atoms with E-state index in [0.717, 1.165) is 31.7 Å². The number of carboxylic acids is 1. The van der Waals surface area contributed by atoms with E-state index in [9.17, 15) is 19.5 Å². The fraction of sp³-hybridized carbons (Fsp3) is 0.686. The van der Waals surface area contributed by atoms with E-state index in [2.05, 4.69) is 23.6 Å². The van der Waals surface area contributed by atoms with Crippen LogP contribution in [0.1, 0.15) is 101 Å². The zero-order valence-corrected chi connectivity index (χ0v) is 26.3. The lowest BCUT2D eigenvalue weighted by Crippen LogP contribution is -2.52. The van der Waals surface area contributed by atoms with Gasteiger partial charge in [-0.05, 0) is 100 Å². The molecule has 0 spiro atoms. The summed E-state index contributed by atoms with van der Waals surface area (Å²) in [4.78, 5) is 39.3. The van der Waals surface area contributed by atoms with E-state index in [1.807, 2.05) is 0 Å². The van der Waals surface area contributed by atoms with Gasteiger partial charge in [0.15, 0.2) is 11.6 Å². The summed E-state index contributed by atoms with van der Waals surface area (Å²) >= 11 is 0. The van der Waals surface area contributed by atoms with Gasteiger partial charge in [-0.15, -0.1) is 0 Å². The standard InChI is InChI=1S/C35H47FN2O6/c1-34(10-5-11-34)19-37-32(40)29-24-16-22(15-21(24)14-20-6-4-7-20)30(29)38-31(39)25-17-28(26(36)18-27(25)43-3)44-23-8-12-35(2,13-9-23)33(41)42/h14,17-18,20,22-24,29-30H,4-13,15-16,19H2,1-3H3,(H,37,40)(H,38,39)(H,41,42)/b21-14+/t22-,23?,24-,29-,30+,35?/m0/s1. The van der Waals surface area contributed by atoms with Gasteiger partial charge in [-0.1, -0.05) is 31.4 Å². The van der Waals surface area contributed by atoms with Crippen molar-refractivity contribution in [2.45, 2.75) is 103 Å². The highest BCUT2D eigenvalue weighted by atomic mass is 19.1. The van der Waals surface area contributed by atoms with Gasteiger partial charge in [0.2, 0.25) is 5.91 Å². The van der Waals surface area contributed by atoms with Crippen LogP contribution in [-0.4, -0.2) is 48.7 Å². The van der Waals surface area contributed by atoms with Crippen molar-refractivity contribution in [1.82, 2.24) is 10.6 Å². The van der Waals surface area contributed by atoms with Gasteiger partial charge in [0.05, 0.1) is 30.1 Å². The highest BCUT2D eigenvalue weighted by Crippen LogP contribution is 2.53. The van der Waals surface area contributed by atoms with E-state index in [-0.39, 0.29) is 58.3 Å². The third-order valence-electron chi connectivity index (χ3n) is 11.7. The highest BCUT2D eigenvalue weighted by Gasteiger charge is 2.54. The summed E-state index contributed by atoms with van der Waals surface area (Å²) in [6, 6.07) is 2.22. The van der Waals surface area contributed by atoms with Crippen LogP contribution in [0.15, 0.2) is 23.8 Å². The molecule has 4 atom stereocenters. The third kappa shape index (κ3) is 5.95. The fourth-order valence-electron chi connectivity index (χ4n) is 8.18. The lowest BCUT2D eigenvalue weighted by Gasteiger charge is -2.39. The molecule has 0 radical (unpaired) electrons. The molecule has 5 aliphatic rings. The van der Waals surface area contributed by atoms with Crippen molar-refractivity contribution in [2.24, 2.45) is 34.5 Å². The number of hydrogen-bond acceptors (Lipinski definition) is 5. The predicted molar refractivity (Wildman–Crippen MR) is 163 cm³/mol. The Kier molecular flexibility index (Phi) is 8.44. The first kappa shape index (κ1) is 30.9. The molecule has 5 fully saturated rings. The lowest BCUT2D eigenvalue weighted by atomic mass is 9.70. The van der Waals surface area contributed by atoms with E-state index in [0.29, 0.717) is 38.1 Å². The summed E-state index contributed by atoms with van der Waals surface area (Å²) in [7, 11) is 1.40. The molecule has 0 heterocycles. The number of carbonyl (C=O) groups is 3. The van der Waals surface area contributed by atoms with Crippen LogP contribution in [0, 0.1) is 40.3 Å². The van der Waals surface area contributed by atoms with Gasteiger partial charge in [0.1, 0.15) is 5.75 Å². The molecule has 0 aliphatic heterocycles. The lowest BCUT2D eigenvalue weighted by molar-refractivity contribution is -0.150. The fourth-order valence-corrected chi connectivity index (χ4v) is 8.18. The minimum Gasteiger partial charge on any atom is -0.496 e. The molecule has 8 nitrogen and oxygen atoms in total. The molecule has 0 saturated heterocycles. The van der Waals surface area contributed by atoms with Crippen molar-refractivity contribution in [3.63, 3.8) is 0 Å². The number of ether oxygens (including phenoxy) is 2. The van der Waals surface area contributed by atoms with Gasteiger partial charge in [-0.3, -0.25) is 14.4 Å². The minimum absolute atomic E-state index is 0.0101. The molecule has 3 N–H and O–H groups in total. The number of fused-ring (bicyclic) bond motifs is 2. The molecule has 2 amide bonds. The van der Waals surface area contributed by atoms with Crippen molar-refractivity contribution in [3.05, 3.63) is 35.2 Å². The first-order chi connectivity index (χ1) is 21.0. The van der Waals surface area contributed by atoms with Gasteiger partial charge in [-0.2, -0.15) is 0 Å². The first-order valence-corrected chi connectivity index (χ1v) is 16.6. The number of rotatable bonds is 10. The zero-order chi connectivity index (χ0) is 31.2. The molecule has 5 saturated carbocycles. The van der Waals surface area contributed by atoms with Crippen LogP contribution in [0.2, 0.25) is 0 Å². The summed E-state index contributed by atoms with van der Waals surface area (Å²) in [5.41, 5.74) is 0.875. The topological polar surface area (TPSA) is 114 Å². The molecule has 6 rings (SSSR count).